The minimum atomic E-state index is -1.93. The number of halogens is 2. The zero-order chi connectivity index (χ0) is 11.0. The van der Waals surface area contributed by atoms with Gasteiger partial charge in [-0.1, -0.05) is 28.1 Å². The standard InChI is InChI=1S/C11H8BrFO2/c12-7-3-1-6-2-4-8(9(6)5-7)10(13)11(14)15/h1,3-5,10H,2H2,(H,14,15). The molecule has 2 rings (SSSR count). The lowest BCUT2D eigenvalue weighted by atomic mass is 10.0. The fourth-order valence-electron chi connectivity index (χ4n) is 1.70. The summed E-state index contributed by atoms with van der Waals surface area (Å²) in [7, 11) is 0. The SMILES string of the molecule is O=C(O)C(F)C1=CCc2ccc(Br)cc21. The Morgan fingerprint density at radius 3 is 2.93 bits per heavy atom. The van der Waals surface area contributed by atoms with Crippen LogP contribution in [-0.2, 0) is 11.2 Å². The smallest absolute Gasteiger partial charge is 0.343 e. The summed E-state index contributed by atoms with van der Waals surface area (Å²) in [6.45, 7) is 0. The van der Waals surface area contributed by atoms with E-state index in [1.807, 2.05) is 12.1 Å². The molecule has 2 nitrogen and oxygen atoms in total. The maximum Gasteiger partial charge on any atom is 0.343 e. The summed E-state index contributed by atoms with van der Waals surface area (Å²) in [5.41, 5.74) is 1.93. The topological polar surface area (TPSA) is 37.3 Å². The molecule has 1 atom stereocenters. The van der Waals surface area contributed by atoms with Gasteiger partial charge in [0.1, 0.15) is 0 Å². The average Bonchev–Trinajstić information content (AvgIpc) is 2.59. The lowest BCUT2D eigenvalue weighted by Gasteiger charge is -2.07. The number of hydrogen-bond acceptors (Lipinski definition) is 1. The second kappa shape index (κ2) is 3.77. The molecule has 0 fully saturated rings. The van der Waals surface area contributed by atoms with Crippen LogP contribution >= 0.6 is 15.9 Å². The van der Waals surface area contributed by atoms with Crippen LogP contribution in [0, 0.1) is 0 Å². The summed E-state index contributed by atoms with van der Waals surface area (Å²) in [6.07, 6.45) is 0.308. The highest BCUT2D eigenvalue weighted by Gasteiger charge is 2.27. The van der Waals surface area contributed by atoms with Crippen molar-refractivity contribution >= 4 is 27.5 Å². The van der Waals surface area contributed by atoms with Gasteiger partial charge < -0.3 is 5.11 Å². The van der Waals surface area contributed by atoms with E-state index in [-0.39, 0.29) is 5.57 Å². The highest BCUT2D eigenvalue weighted by Crippen LogP contribution is 2.33. The maximum atomic E-state index is 13.4. The van der Waals surface area contributed by atoms with Crippen LogP contribution in [-0.4, -0.2) is 17.2 Å². The normalized spacial score (nSPS) is 15.7. The van der Waals surface area contributed by atoms with E-state index >= 15 is 0 Å². The fourth-order valence-corrected chi connectivity index (χ4v) is 2.06. The second-order valence-corrected chi connectivity index (χ2v) is 4.28. The lowest BCUT2D eigenvalue weighted by molar-refractivity contribution is -0.140. The molecule has 1 aliphatic carbocycles. The molecule has 0 spiro atoms. The Balaban J connectivity index is 2.42. The van der Waals surface area contributed by atoms with Crippen LogP contribution in [0.4, 0.5) is 4.39 Å². The zero-order valence-corrected chi connectivity index (χ0v) is 9.29. The van der Waals surface area contributed by atoms with E-state index in [0.29, 0.717) is 12.0 Å². The summed E-state index contributed by atoms with van der Waals surface area (Å²) in [6, 6.07) is 5.49. The van der Waals surface area contributed by atoms with E-state index < -0.39 is 12.1 Å². The van der Waals surface area contributed by atoms with Gasteiger partial charge in [-0.15, -0.1) is 0 Å². The molecule has 0 amide bonds. The summed E-state index contributed by atoms with van der Waals surface area (Å²) < 4.78 is 14.2. The van der Waals surface area contributed by atoms with Crippen LogP contribution in [0.1, 0.15) is 11.1 Å². The quantitative estimate of drug-likeness (QED) is 0.898. The molecule has 1 N–H and O–H groups in total. The van der Waals surface area contributed by atoms with E-state index in [0.717, 1.165) is 10.0 Å². The van der Waals surface area contributed by atoms with Crippen LogP contribution < -0.4 is 0 Å². The first-order valence-electron chi connectivity index (χ1n) is 4.45. The van der Waals surface area contributed by atoms with Gasteiger partial charge in [0, 0.05) is 10.0 Å². The van der Waals surface area contributed by atoms with Gasteiger partial charge in [0.25, 0.3) is 0 Å². The van der Waals surface area contributed by atoms with Crippen LogP contribution in [0.5, 0.6) is 0 Å². The van der Waals surface area contributed by atoms with Crippen molar-refractivity contribution in [2.75, 3.05) is 0 Å². The lowest BCUT2D eigenvalue weighted by Crippen LogP contribution is -2.15. The Labute approximate surface area is 94.5 Å². The maximum absolute atomic E-state index is 13.4. The van der Waals surface area contributed by atoms with E-state index in [4.69, 9.17) is 5.11 Å². The van der Waals surface area contributed by atoms with Crippen molar-refractivity contribution in [3.63, 3.8) is 0 Å². The van der Waals surface area contributed by atoms with E-state index in [1.165, 1.54) is 0 Å². The molecule has 0 bridgehead atoms. The fraction of sp³-hybridized carbons (Fsp3) is 0.182. The Morgan fingerprint density at radius 1 is 1.53 bits per heavy atom. The minimum absolute atomic E-state index is 0.263. The number of benzene rings is 1. The Hall–Kier alpha value is -1.16. The Kier molecular flexibility index (Phi) is 2.61. The number of fused-ring (bicyclic) bond motifs is 1. The third kappa shape index (κ3) is 1.81. The van der Waals surface area contributed by atoms with Gasteiger partial charge in [-0.2, -0.15) is 0 Å². The number of carboxylic acid groups (broad SMARTS) is 1. The van der Waals surface area contributed by atoms with Gasteiger partial charge in [0.2, 0.25) is 6.17 Å². The van der Waals surface area contributed by atoms with Crippen molar-refractivity contribution in [1.82, 2.24) is 0 Å². The van der Waals surface area contributed by atoms with Gasteiger partial charge >= 0.3 is 5.97 Å². The van der Waals surface area contributed by atoms with Gasteiger partial charge in [-0.3, -0.25) is 0 Å². The summed E-state index contributed by atoms with van der Waals surface area (Å²) in [5, 5.41) is 8.61. The van der Waals surface area contributed by atoms with Gasteiger partial charge in [0.15, 0.2) is 0 Å². The average molecular weight is 271 g/mol. The predicted octanol–water partition coefficient (Wildman–Crippen LogP) is 2.81. The molecule has 0 saturated carbocycles. The summed E-state index contributed by atoms with van der Waals surface area (Å²) in [5.74, 6) is -1.44. The number of aliphatic carboxylic acids is 1. The molecular weight excluding hydrogens is 263 g/mol. The first-order valence-corrected chi connectivity index (χ1v) is 5.24. The molecule has 1 aliphatic rings. The van der Waals surface area contributed by atoms with E-state index in [1.54, 1.807) is 12.1 Å². The number of rotatable bonds is 2. The zero-order valence-electron chi connectivity index (χ0n) is 7.71. The largest absolute Gasteiger partial charge is 0.479 e. The molecule has 0 heterocycles. The van der Waals surface area contributed by atoms with E-state index in [2.05, 4.69) is 15.9 Å². The molecule has 1 unspecified atom stereocenters. The molecule has 0 aromatic heterocycles. The van der Waals surface area contributed by atoms with E-state index in [9.17, 15) is 9.18 Å². The summed E-state index contributed by atoms with van der Waals surface area (Å²) in [4.78, 5) is 10.6. The van der Waals surface area contributed by atoms with Crippen molar-refractivity contribution in [2.24, 2.45) is 0 Å². The molecule has 1 aromatic carbocycles. The highest BCUT2D eigenvalue weighted by molar-refractivity contribution is 9.10. The number of carbonyl (C=O) groups is 1. The number of carboxylic acids is 1. The Bertz CT molecular complexity index is 454. The number of alkyl halides is 1. The summed E-state index contributed by atoms with van der Waals surface area (Å²) >= 11 is 3.28. The number of hydrogen-bond donors (Lipinski definition) is 1. The van der Waals surface area contributed by atoms with Crippen LogP contribution in [0.25, 0.3) is 5.57 Å². The van der Waals surface area contributed by atoms with Crippen molar-refractivity contribution in [3.05, 3.63) is 39.9 Å². The highest BCUT2D eigenvalue weighted by atomic mass is 79.9. The first kappa shape index (κ1) is 10.4. The molecular formula is C11H8BrFO2. The van der Waals surface area contributed by atoms with Crippen molar-refractivity contribution in [2.45, 2.75) is 12.6 Å². The molecule has 0 saturated heterocycles. The van der Waals surface area contributed by atoms with Crippen molar-refractivity contribution in [1.29, 1.82) is 0 Å². The van der Waals surface area contributed by atoms with Crippen LogP contribution in [0.15, 0.2) is 28.7 Å². The van der Waals surface area contributed by atoms with Gasteiger partial charge in [-0.05, 0) is 29.7 Å². The predicted molar refractivity (Wildman–Crippen MR) is 58.4 cm³/mol. The Morgan fingerprint density at radius 2 is 2.27 bits per heavy atom. The second-order valence-electron chi connectivity index (χ2n) is 3.37. The minimum Gasteiger partial charge on any atom is -0.479 e. The van der Waals surface area contributed by atoms with Crippen LogP contribution in [0.2, 0.25) is 0 Å². The van der Waals surface area contributed by atoms with Gasteiger partial charge in [0.05, 0.1) is 0 Å². The molecule has 78 valence electrons. The molecule has 0 aliphatic heterocycles. The van der Waals surface area contributed by atoms with Crippen LogP contribution in [0.3, 0.4) is 0 Å². The van der Waals surface area contributed by atoms with Crippen molar-refractivity contribution < 1.29 is 14.3 Å². The monoisotopic (exact) mass is 270 g/mol. The van der Waals surface area contributed by atoms with Gasteiger partial charge in [-0.25, -0.2) is 9.18 Å². The molecule has 15 heavy (non-hydrogen) atoms. The molecule has 4 heteroatoms. The number of allylic oxidation sites excluding steroid dienone is 1. The third-order valence-corrected chi connectivity index (χ3v) is 2.91. The third-order valence-electron chi connectivity index (χ3n) is 2.41. The van der Waals surface area contributed by atoms with Crippen molar-refractivity contribution in [3.8, 4) is 0 Å². The molecule has 1 aromatic rings. The first-order chi connectivity index (χ1) is 7.09. The molecule has 0 radical (unpaired) electrons.